The van der Waals surface area contributed by atoms with Gasteiger partial charge in [0.1, 0.15) is 0 Å². The lowest BCUT2D eigenvalue weighted by Crippen LogP contribution is -2.17. The Morgan fingerprint density at radius 2 is 2.00 bits per heavy atom. The SMILES string of the molecule is CCOc1cc(/C=N/OCC(=O)Nc2ccccc2C)ccc1OC. The first kappa shape index (κ1) is 18.3. The Hall–Kier alpha value is -3.02. The standard InChI is InChI=1S/C19H22N2O4/c1-4-24-18-11-15(9-10-17(18)23-3)12-20-25-13-19(22)21-16-8-6-5-7-14(16)2/h5-12H,4,13H2,1-3H3,(H,21,22)/b20-12+. The first-order valence-electron chi connectivity index (χ1n) is 7.95. The maximum Gasteiger partial charge on any atom is 0.265 e. The quantitative estimate of drug-likeness (QED) is 0.590. The summed E-state index contributed by atoms with van der Waals surface area (Å²) in [6.45, 7) is 4.19. The predicted octanol–water partition coefficient (Wildman–Crippen LogP) is 3.39. The molecule has 132 valence electrons. The van der Waals surface area contributed by atoms with E-state index in [0.717, 1.165) is 16.8 Å². The molecule has 0 radical (unpaired) electrons. The van der Waals surface area contributed by atoms with Crippen LogP contribution in [0.5, 0.6) is 11.5 Å². The van der Waals surface area contributed by atoms with Gasteiger partial charge in [0, 0.05) is 11.3 Å². The molecule has 0 saturated heterocycles. The van der Waals surface area contributed by atoms with Crippen LogP contribution in [0, 0.1) is 6.92 Å². The fourth-order valence-electron chi connectivity index (χ4n) is 2.14. The van der Waals surface area contributed by atoms with Crippen LogP contribution in [0.25, 0.3) is 0 Å². The Kier molecular flexibility index (Phi) is 6.83. The number of carbonyl (C=O) groups excluding carboxylic acids is 1. The molecule has 1 N–H and O–H groups in total. The molecule has 6 heteroatoms. The van der Waals surface area contributed by atoms with Crippen molar-refractivity contribution in [2.75, 3.05) is 25.6 Å². The normalized spacial score (nSPS) is 10.5. The summed E-state index contributed by atoms with van der Waals surface area (Å²) < 4.78 is 10.7. The summed E-state index contributed by atoms with van der Waals surface area (Å²) >= 11 is 0. The average molecular weight is 342 g/mol. The Morgan fingerprint density at radius 3 is 2.72 bits per heavy atom. The molecule has 2 aromatic carbocycles. The van der Waals surface area contributed by atoms with E-state index in [2.05, 4.69) is 10.5 Å². The number of anilines is 1. The van der Waals surface area contributed by atoms with Crippen LogP contribution in [-0.2, 0) is 9.63 Å². The number of aryl methyl sites for hydroxylation is 1. The predicted molar refractivity (Wildman–Crippen MR) is 97.5 cm³/mol. The van der Waals surface area contributed by atoms with Crippen LogP contribution in [0.15, 0.2) is 47.6 Å². The largest absolute Gasteiger partial charge is 0.493 e. The van der Waals surface area contributed by atoms with Gasteiger partial charge < -0.3 is 19.6 Å². The number of nitrogens with zero attached hydrogens (tertiary/aromatic N) is 1. The Balaban J connectivity index is 1.87. The highest BCUT2D eigenvalue weighted by Gasteiger charge is 2.05. The van der Waals surface area contributed by atoms with Gasteiger partial charge >= 0.3 is 0 Å². The van der Waals surface area contributed by atoms with Crippen molar-refractivity contribution < 1.29 is 19.1 Å². The maximum atomic E-state index is 11.9. The van der Waals surface area contributed by atoms with Crippen molar-refractivity contribution >= 4 is 17.8 Å². The second kappa shape index (κ2) is 9.32. The zero-order valence-corrected chi connectivity index (χ0v) is 14.6. The molecule has 0 spiro atoms. The van der Waals surface area contributed by atoms with Crippen molar-refractivity contribution in [3.8, 4) is 11.5 Å². The smallest absolute Gasteiger partial charge is 0.265 e. The van der Waals surface area contributed by atoms with E-state index < -0.39 is 0 Å². The number of ether oxygens (including phenoxy) is 2. The summed E-state index contributed by atoms with van der Waals surface area (Å²) in [5, 5.41) is 6.60. The lowest BCUT2D eigenvalue weighted by atomic mass is 10.2. The van der Waals surface area contributed by atoms with E-state index in [-0.39, 0.29) is 12.5 Å². The van der Waals surface area contributed by atoms with Gasteiger partial charge in [-0.15, -0.1) is 0 Å². The van der Waals surface area contributed by atoms with E-state index in [1.54, 1.807) is 19.2 Å². The molecule has 0 aliphatic heterocycles. The average Bonchev–Trinajstić information content (AvgIpc) is 2.61. The molecule has 0 heterocycles. The van der Waals surface area contributed by atoms with Crippen molar-refractivity contribution in [3.63, 3.8) is 0 Å². The van der Waals surface area contributed by atoms with Crippen LogP contribution >= 0.6 is 0 Å². The molecule has 0 unspecified atom stereocenters. The molecule has 25 heavy (non-hydrogen) atoms. The number of hydrogen-bond donors (Lipinski definition) is 1. The maximum absolute atomic E-state index is 11.9. The topological polar surface area (TPSA) is 69.2 Å². The summed E-state index contributed by atoms with van der Waals surface area (Å²) in [6, 6.07) is 12.9. The number of nitrogens with one attached hydrogen (secondary N) is 1. The number of oxime groups is 1. The van der Waals surface area contributed by atoms with E-state index in [0.29, 0.717) is 18.1 Å². The number of amides is 1. The summed E-state index contributed by atoms with van der Waals surface area (Å²) in [4.78, 5) is 16.9. The fourth-order valence-corrected chi connectivity index (χ4v) is 2.14. The second-order valence-corrected chi connectivity index (χ2v) is 5.21. The van der Waals surface area contributed by atoms with Gasteiger partial charge in [0.15, 0.2) is 18.1 Å². The Morgan fingerprint density at radius 1 is 1.20 bits per heavy atom. The molecule has 0 bridgehead atoms. The van der Waals surface area contributed by atoms with Crippen molar-refractivity contribution in [2.24, 2.45) is 5.16 Å². The molecule has 1 amide bonds. The Labute approximate surface area is 147 Å². The first-order valence-corrected chi connectivity index (χ1v) is 7.95. The van der Waals surface area contributed by atoms with Gasteiger partial charge in [0.2, 0.25) is 0 Å². The zero-order valence-electron chi connectivity index (χ0n) is 14.6. The van der Waals surface area contributed by atoms with E-state index >= 15 is 0 Å². The van der Waals surface area contributed by atoms with Crippen LogP contribution < -0.4 is 14.8 Å². The van der Waals surface area contributed by atoms with Gasteiger partial charge in [-0.05, 0) is 43.7 Å². The molecule has 0 aliphatic carbocycles. The third kappa shape index (κ3) is 5.53. The molecular formula is C19H22N2O4. The number of carbonyl (C=O) groups is 1. The van der Waals surface area contributed by atoms with E-state index in [9.17, 15) is 4.79 Å². The third-order valence-corrected chi connectivity index (χ3v) is 3.38. The Bertz CT molecular complexity index is 744. The van der Waals surface area contributed by atoms with Crippen molar-refractivity contribution in [1.29, 1.82) is 0 Å². The van der Waals surface area contributed by atoms with Crippen LogP contribution in [0.4, 0.5) is 5.69 Å². The van der Waals surface area contributed by atoms with Crippen LogP contribution in [0.3, 0.4) is 0 Å². The molecule has 0 aromatic heterocycles. The summed E-state index contributed by atoms with van der Waals surface area (Å²) in [7, 11) is 1.59. The van der Waals surface area contributed by atoms with Gasteiger partial charge in [-0.2, -0.15) is 0 Å². The number of benzene rings is 2. The van der Waals surface area contributed by atoms with E-state index in [1.165, 1.54) is 6.21 Å². The monoisotopic (exact) mass is 342 g/mol. The number of para-hydroxylation sites is 1. The molecule has 6 nitrogen and oxygen atoms in total. The van der Waals surface area contributed by atoms with Gasteiger partial charge in [-0.25, -0.2) is 0 Å². The highest BCUT2D eigenvalue weighted by Crippen LogP contribution is 2.27. The van der Waals surface area contributed by atoms with Gasteiger partial charge in [0.05, 0.1) is 19.9 Å². The van der Waals surface area contributed by atoms with Gasteiger partial charge in [0.25, 0.3) is 5.91 Å². The van der Waals surface area contributed by atoms with E-state index in [4.69, 9.17) is 14.3 Å². The van der Waals surface area contributed by atoms with Crippen LogP contribution in [-0.4, -0.2) is 32.4 Å². The third-order valence-electron chi connectivity index (χ3n) is 3.38. The van der Waals surface area contributed by atoms with Gasteiger partial charge in [-0.1, -0.05) is 23.4 Å². The highest BCUT2D eigenvalue weighted by molar-refractivity contribution is 5.92. The fraction of sp³-hybridized carbons (Fsp3) is 0.263. The molecule has 2 aromatic rings. The zero-order chi connectivity index (χ0) is 18.1. The van der Waals surface area contributed by atoms with Crippen molar-refractivity contribution in [3.05, 3.63) is 53.6 Å². The minimum Gasteiger partial charge on any atom is -0.493 e. The molecule has 0 saturated carbocycles. The van der Waals surface area contributed by atoms with E-state index in [1.807, 2.05) is 44.2 Å². The molecule has 0 atom stereocenters. The van der Waals surface area contributed by atoms with Gasteiger partial charge in [-0.3, -0.25) is 4.79 Å². The number of hydrogen-bond acceptors (Lipinski definition) is 5. The molecular weight excluding hydrogens is 320 g/mol. The molecule has 0 aliphatic rings. The first-order chi connectivity index (χ1) is 12.1. The molecule has 2 rings (SSSR count). The van der Waals surface area contributed by atoms with Crippen LogP contribution in [0.1, 0.15) is 18.1 Å². The second-order valence-electron chi connectivity index (χ2n) is 5.21. The lowest BCUT2D eigenvalue weighted by Gasteiger charge is -2.09. The minimum atomic E-state index is -0.267. The molecule has 0 fully saturated rings. The van der Waals surface area contributed by atoms with Crippen LogP contribution in [0.2, 0.25) is 0 Å². The summed E-state index contributed by atoms with van der Waals surface area (Å²) in [5.74, 6) is 1.01. The highest BCUT2D eigenvalue weighted by atomic mass is 16.6. The lowest BCUT2D eigenvalue weighted by molar-refractivity contribution is -0.120. The summed E-state index contributed by atoms with van der Waals surface area (Å²) in [5.41, 5.74) is 2.53. The van der Waals surface area contributed by atoms with Crippen molar-refractivity contribution in [1.82, 2.24) is 0 Å². The minimum absolute atomic E-state index is 0.167. The van der Waals surface area contributed by atoms with Crippen molar-refractivity contribution in [2.45, 2.75) is 13.8 Å². The number of rotatable bonds is 8. The summed E-state index contributed by atoms with van der Waals surface area (Å²) in [6.07, 6.45) is 1.52. The number of methoxy groups -OCH3 is 1.